The second-order valence-electron chi connectivity index (χ2n) is 2.18. The molecule has 0 fully saturated rings. The average Bonchev–Trinajstić information content (AvgIpc) is 2.14. The summed E-state index contributed by atoms with van der Waals surface area (Å²) in [4.78, 5) is 0. The van der Waals surface area contributed by atoms with E-state index in [-0.39, 0.29) is 0 Å². The zero-order valence-corrected chi connectivity index (χ0v) is 6.50. The number of rotatable bonds is 1. The molecule has 47 valence electrons. The summed E-state index contributed by atoms with van der Waals surface area (Å²) in [6.45, 7) is 4.11. The van der Waals surface area contributed by atoms with Crippen molar-refractivity contribution in [3.8, 4) is 0 Å². The van der Waals surface area contributed by atoms with E-state index in [2.05, 4.69) is 34.4 Å². The maximum Gasteiger partial charge on any atom is 0.104 e. The van der Waals surface area contributed by atoms with Crippen LogP contribution in [-0.2, 0) is 0 Å². The van der Waals surface area contributed by atoms with Gasteiger partial charge < -0.3 is 0 Å². The Labute approximate surface area is 57.5 Å². The third-order valence-corrected chi connectivity index (χ3v) is 1.27. The first-order valence-corrected chi connectivity index (χ1v) is 3.33. The molecule has 9 heavy (non-hydrogen) atoms. The standard InChI is InChI=1S/C5H8N3Si/c1-4(2)8-3-5(9)6-7-8/h3-4H,1-2H3. The van der Waals surface area contributed by atoms with E-state index < -0.39 is 0 Å². The second kappa shape index (κ2) is 2.30. The van der Waals surface area contributed by atoms with Gasteiger partial charge in [0.1, 0.15) is 10.2 Å². The van der Waals surface area contributed by atoms with Crippen LogP contribution in [0.4, 0.5) is 0 Å². The van der Waals surface area contributed by atoms with E-state index >= 15 is 0 Å². The lowest BCUT2D eigenvalue weighted by Gasteiger charge is -2.00. The van der Waals surface area contributed by atoms with Crippen molar-refractivity contribution in [1.82, 2.24) is 15.0 Å². The van der Waals surface area contributed by atoms with Gasteiger partial charge in [0.05, 0.1) is 5.32 Å². The van der Waals surface area contributed by atoms with Crippen LogP contribution in [0.1, 0.15) is 19.9 Å². The van der Waals surface area contributed by atoms with Gasteiger partial charge >= 0.3 is 0 Å². The lowest BCUT2D eigenvalue weighted by atomic mass is 10.4. The van der Waals surface area contributed by atoms with Crippen LogP contribution in [-0.4, -0.2) is 25.2 Å². The van der Waals surface area contributed by atoms with Crippen LogP contribution in [0.15, 0.2) is 6.20 Å². The Hall–Kier alpha value is -0.643. The third kappa shape index (κ3) is 1.38. The van der Waals surface area contributed by atoms with Gasteiger partial charge in [-0.15, -0.1) is 5.10 Å². The smallest absolute Gasteiger partial charge is 0.104 e. The predicted molar refractivity (Wildman–Crippen MR) is 35.8 cm³/mol. The molecule has 0 aliphatic carbocycles. The molecule has 0 spiro atoms. The van der Waals surface area contributed by atoms with Gasteiger partial charge in [0.15, 0.2) is 0 Å². The molecule has 0 N–H and O–H groups in total. The van der Waals surface area contributed by atoms with Crippen LogP contribution in [0.25, 0.3) is 0 Å². The lowest BCUT2D eigenvalue weighted by Crippen LogP contribution is -2.02. The van der Waals surface area contributed by atoms with Crippen LogP contribution in [0.3, 0.4) is 0 Å². The normalized spacial score (nSPS) is 10.7. The Morgan fingerprint density at radius 1 is 1.67 bits per heavy atom. The van der Waals surface area contributed by atoms with E-state index in [0.29, 0.717) is 6.04 Å². The number of hydrogen-bond donors (Lipinski definition) is 0. The van der Waals surface area contributed by atoms with E-state index in [1.807, 2.05) is 6.20 Å². The molecule has 0 aliphatic heterocycles. The Bertz CT molecular complexity index is 194. The Morgan fingerprint density at radius 3 is 2.56 bits per heavy atom. The maximum absolute atomic E-state index is 3.83. The van der Waals surface area contributed by atoms with Crippen LogP contribution < -0.4 is 5.32 Å². The van der Waals surface area contributed by atoms with Crippen LogP contribution >= 0.6 is 0 Å². The molecule has 0 saturated heterocycles. The highest BCUT2D eigenvalue weighted by Gasteiger charge is 1.97. The van der Waals surface area contributed by atoms with Gasteiger partial charge in [-0.2, -0.15) is 0 Å². The Kier molecular flexibility index (Phi) is 1.66. The van der Waals surface area contributed by atoms with Gasteiger partial charge in [0, 0.05) is 12.2 Å². The summed E-state index contributed by atoms with van der Waals surface area (Å²) in [6.07, 6.45) is 1.85. The molecule has 3 radical (unpaired) electrons. The molecule has 1 aromatic heterocycles. The topological polar surface area (TPSA) is 30.7 Å². The van der Waals surface area contributed by atoms with Crippen molar-refractivity contribution in [2.75, 3.05) is 0 Å². The monoisotopic (exact) mass is 138 g/mol. The summed E-state index contributed by atoms with van der Waals surface area (Å²) in [7, 11) is 3.25. The van der Waals surface area contributed by atoms with Crippen molar-refractivity contribution in [2.24, 2.45) is 0 Å². The molecule has 0 bridgehead atoms. The molecule has 0 atom stereocenters. The van der Waals surface area contributed by atoms with E-state index in [1.165, 1.54) is 0 Å². The third-order valence-electron chi connectivity index (χ3n) is 1.04. The zero-order chi connectivity index (χ0) is 6.85. The predicted octanol–water partition coefficient (Wildman–Crippen LogP) is -0.347. The van der Waals surface area contributed by atoms with Gasteiger partial charge in [-0.25, -0.2) is 0 Å². The highest BCUT2D eigenvalue weighted by Crippen LogP contribution is 1.95. The average molecular weight is 138 g/mol. The van der Waals surface area contributed by atoms with E-state index in [0.717, 1.165) is 5.32 Å². The molecular formula is C5H8N3Si. The molecule has 4 heteroatoms. The first-order chi connectivity index (χ1) is 4.20. The van der Waals surface area contributed by atoms with Gasteiger partial charge in [0.2, 0.25) is 0 Å². The zero-order valence-electron chi connectivity index (χ0n) is 5.50. The number of hydrogen-bond acceptors (Lipinski definition) is 2. The summed E-state index contributed by atoms with van der Waals surface area (Å²) >= 11 is 0. The van der Waals surface area contributed by atoms with Crippen molar-refractivity contribution < 1.29 is 0 Å². The summed E-state index contributed by atoms with van der Waals surface area (Å²) in [5.74, 6) is 0. The van der Waals surface area contributed by atoms with Gasteiger partial charge in [-0.05, 0) is 13.8 Å². The SMILES string of the molecule is CC(C)n1cc([Si])nn1. The van der Waals surface area contributed by atoms with Crippen molar-refractivity contribution in [1.29, 1.82) is 0 Å². The van der Waals surface area contributed by atoms with Crippen molar-refractivity contribution in [3.05, 3.63) is 6.20 Å². The maximum atomic E-state index is 3.83. The highest BCUT2D eigenvalue weighted by molar-refractivity contribution is 6.30. The fourth-order valence-electron chi connectivity index (χ4n) is 0.529. The molecule has 0 aromatic carbocycles. The molecular weight excluding hydrogens is 130 g/mol. The molecule has 0 unspecified atom stereocenters. The first kappa shape index (κ1) is 6.48. The second-order valence-corrected chi connectivity index (χ2v) is 2.69. The molecule has 3 nitrogen and oxygen atoms in total. The summed E-state index contributed by atoms with van der Waals surface area (Å²) in [6, 6.07) is 0.391. The van der Waals surface area contributed by atoms with E-state index in [4.69, 9.17) is 0 Å². The van der Waals surface area contributed by atoms with Crippen molar-refractivity contribution in [3.63, 3.8) is 0 Å². The Morgan fingerprint density at radius 2 is 2.33 bits per heavy atom. The molecule has 0 saturated carbocycles. The van der Waals surface area contributed by atoms with Gasteiger partial charge in [0.25, 0.3) is 0 Å². The minimum Gasteiger partial charge on any atom is -0.250 e. The van der Waals surface area contributed by atoms with Gasteiger partial charge in [-0.3, -0.25) is 4.68 Å². The molecule has 0 aliphatic rings. The van der Waals surface area contributed by atoms with Gasteiger partial charge in [-0.1, -0.05) is 5.21 Å². The van der Waals surface area contributed by atoms with Crippen LogP contribution in [0, 0.1) is 0 Å². The molecule has 1 rings (SSSR count). The van der Waals surface area contributed by atoms with E-state index in [9.17, 15) is 0 Å². The highest BCUT2D eigenvalue weighted by atomic mass is 28.1. The van der Waals surface area contributed by atoms with Crippen molar-refractivity contribution in [2.45, 2.75) is 19.9 Å². The largest absolute Gasteiger partial charge is 0.250 e. The fraction of sp³-hybridized carbons (Fsp3) is 0.600. The first-order valence-electron chi connectivity index (χ1n) is 2.83. The van der Waals surface area contributed by atoms with Crippen LogP contribution in [0.5, 0.6) is 0 Å². The fourth-order valence-corrected chi connectivity index (χ4v) is 0.706. The summed E-state index contributed by atoms with van der Waals surface area (Å²) < 4.78 is 1.79. The molecule has 0 amide bonds. The molecule has 1 aromatic rings. The van der Waals surface area contributed by atoms with Crippen LogP contribution in [0.2, 0.25) is 0 Å². The molecule has 1 heterocycles. The summed E-state index contributed by atoms with van der Waals surface area (Å²) in [5, 5.41) is 8.38. The quantitative estimate of drug-likeness (QED) is 0.497. The number of aromatic nitrogens is 3. The van der Waals surface area contributed by atoms with E-state index in [1.54, 1.807) is 4.68 Å². The van der Waals surface area contributed by atoms with Crippen molar-refractivity contribution >= 4 is 15.6 Å². The lowest BCUT2D eigenvalue weighted by molar-refractivity contribution is 0.514. The minimum atomic E-state index is 0.391. The Balaban J connectivity index is 2.85. The minimum absolute atomic E-state index is 0.391. The number of nitrogens with zero attached hydrogens (tertiary/aromatic N) is 3. The summed E-state index contributed by atoms with van der Waals surface area (Å²) in [5.41, 5.74) is 0.